The number of aromatic amines is 1. The minimum atomic E-state index is -0.307. The molecule has 0 fully saturated rings. The highest BCUT2D eigenvalue weighted by Gasteiger charge is 2.13. The van der Waals surface area contributed by atoms with Crippen LogP contribution in [-0.2, 0) is 17.9 Å². The molecule has 2 aromatic heterocycles. The molecule has 0 saturated heterocycles. The Morgan fingerprint density at radius 2 is 2.13 bits per heavy atom. The van der Waals surface area contributed by atoms with E-state index in [0.717, 1.165) is 17.0 Å². The summed E-state index contributed by atoms with van der Waals surface area (Å²) in [5.41, 5.74) is 2.68. The van der Waals surface area contributed by atoms with E-state index in [1.54, 1.807) is 13.2 Å². The number of methoxy groups -OCH3 is 1. The van der Waals surface area contributed by atoms with Crippen molar-refractivity contribution in [2.75, 3.05) is 7.11 Å². The van der Waals surface area contributed by atoms with E-state index in [0.29, 0.717) is 18.9 Å². The van der Waals surface area contributed by atoms with E-state index < -0.39 is 0 Å². The van der Waals surface area contributed by atoms with E-state index in [9.17, 15) is 4.79 Å². The van der Waals surface area contributed by atoms with Crippen molar-refractivity contribution in [3.63, 3.8) is 0 Å². The number of ether oxygens (including phenoxy) is 1. The van der Waals surface area contributed by atoms with Crippen molar-refractivity contribution in [1.29, 1.82) is 0 Å². The summed E-state index contributed by atoms with van der Waals surface area (Å²) in [6.45, 7) is 0.747. The Hall–Kier alpha value is -2.93. The van der Waals surface area contributed by atoms with Crippen molar-refractivity contribution in [1.82, 2.24) is 20.7 Å². The van der Waals surface area contributed by atoms with Crippen LogP contribution in [0, 0.1) is 0 Å². The number of amides is 1. The first-order chi connectivity index (χ1) is 11.3. The molecule has 3 rings (SSSR count). The largest absolute Gasteiger partial charge is 0.378 e. The van der Waals surface area contributed by atoms with E-state index in [4.69, 9.17) is 9.26 Å². The number of rotatable bonds is 6. The molecule has 2 heterocycles. The average molecular weight is 312 g/mol. The van der Waals surface area contributed by atoms with E-state index in [-0.39, 0.29) is 11.6 Å². The third-order valence-corrected chi connectivity index (χ3v) is 3.22. The van der Waals surface area contributed by atoms with Gasteiger partial charge in [0, 0.05) is 18.7 Å². The second kappa shape index (κ2) is 6.89. The molecule has 0 bridgehead atoms. The van der Waals surface area contributed by atoms with Crippen LogP contribution in [0.2, 0.25) is 0 Å². The van der Waals surface area contributed by atoms with Crippen LogP contribution in [0.15, 0.2) is 47.0 Å². The molecule has 1 aromatic carbocycles. The van der Waals surface area contributed by atoms with E-state index in [1.807, 2.05) is 36.4 Å². The molecule has 0 aliphatic carbocycles. The summed E-state index contributed by atoms with van der Waals surface area (Å²) in [5, 5.41) is 13.5. The first-order valence-electron chi connectivity index (χ1n) is 7.08. The molecule has 0 radical (unpaired) electrons. The van der Waals surface area contributed by atoms with Gasteiger partial charge in [0.2, 0.25) is 0 Å². The molecule has 23 heavy (non-hydrogen) atoms. The van der Waals surface area contributed by atoms with Crippen molar-refractivity contribution in [3.8, 4) is 11.3 Å². The summed E-state index contributed by atoms with van der Waals surface area (Å²) in [7, 11) is 1.60. The zero-order chi connectivity index (χ0) is 16.1. The van der Waals surface area contributed by atoms with Gasteiger partial charge >= 0.3 is 0 Å². The molecule has 0 aliphatic rings. The molecule has 3 aromatic rings. The van der Waals surface area contributed by atoms with Gasteiger partial charge in [-0.2, -0.15) is 5.10 Å². The van der Waals surface area contributed by atoms with Crippen molar-refractivity contribution >= 4 is 5.91 Å². The fourth-order valence-electron chi connectivity index (χ4n) is 2.11. The summed E-state index contributed by atoms with van der Waals surface area (Å²) in [5.74, 6) is 0.249. The molecule has 0 atom stereocenters. The number of aromatic nitrogens is 3. The summed E-state index contributed by atoms with van der Waals surface area (Å²) in [6, 6.07) is 12.9. The van der Waals surface area contributed by atoms with Gasteiger partial charge in [0.05, 0.1) is 24.5 Å². The highest BCUT2D eigenvalue weighted by molar-refractivity contribution is 5.93. The van der Waals surface area contributed by atoms with Gasteiger partial charge in [-0.25, -0.2) is 0 Å². The number of hydrogen-bond donors (Lipinski definition) is 2. The number of H-pyrrole nitrogens is 1. The van der Waals surface area contributed by atoms with E-state index in [2.05, 4.69) is 20.7 Å². The van der Waals surface area contributed by atoms with Crippen LogP contribution >= 0.6 is 0 Å². The Morgan fingerprint density at radius 1 is 1.30 bits per heavy atom. The Bertz CT molecular complexity index is 779. The Morgan fingerprint density at radius 3 is 2.91 bits per heavy atom. The van der Waals surface area contributed by atoms with Crippen LogP contribution < -0.4 is 5.32 Å². The number of nitrogens with one attached hydrogen (secondary N) is 2. The molecular formula is C16H16N4O3. The summed E-state index contributed by atoms with van der Waals surface area (Å²) >= 11 is 0. The molecule has 0 spiro atoms. The van der Waals surface area contributed by atoms with Crippen molar-refractivity contribution < 1.29 is 14.1 Å². The Balaban J connectivity index is 1.61. The second-order valence-corrected chi connectivity index (χ2v) is 4.94. The van der Waals surface area contributed by atoms with Gasteiger partial charge < -0.3 is 14.6 Å². The van der Waals surface area contributed by atoms with Crippen molar-refractivity contribution in [3.05, 3.63) is 59.5 Å². The molecule has 1 amide bonds. The average Bonchev–Trinajstić information content (AvgIpc) is 3.23. The number of nitrogens with zero attached hydrogens (tertiary/aromatic N) is 2. The molecule has 2 N–H and O–H groups in total. The monoisotopic (exact) mass is 312 g/mol. The number of hydrogen-bond acceptors (Lipinski definition) is 5. The lowest BCUT2D eigenvalue weighted by Crippen LogP contribution is -2.23. The van der Waals surface area contributed by atoms with E-state index in [1.165, 1.54) is 0 Å². The predicted octanol–water partition coefficient (Wildman–Crippen LogP) is 2.14. The zero-order valence-corrected chi connectivity index (χ0v) is 12.6. The van der Waals surface area contributed by atoms with Crippen molar-refractivity contribution in [2.45, 2.75) is 13.2 Å². The maximum Gasteiger partial charge on any atom is 0.273 e. The quantitative estimate of drug-likeness (QED) is 0.727. The van der Waals surface area contributed by atoms with Crippen molar-refractivity contribution in [2.24, 2.45) is 0 Å². The van der Waals surface area contributed by atoms with Crippen LogP contribution in [-0.4, -0.2) is 28.4 Å². The van der Waals surface area contributed by atoms with Crippen LogP contribution in [0.25, 0.3) is 11.3 Å². The highest BCUT2D eigenvalue weighted by atomic mass is 16.5. The minimum Gasteiger partial charge on any atom is -0.378 e. The summed E-state index contributed by atoms with van der Waals surface area (Å²) in [6.07, 6.45) is 0. The number of carbonyl (C=O) groups excluding carboxylic acids is 1. The smallest absolute Gasteiger partial charge is 0.273 e. The third kappa shape index (κ3) is 3.64. The first-order valence-corrected chi connectivity index (χ1v) is 7.08. The van der Waals surface area contributed by atoms with Crippen LogP contribution in [0.4, 0.5) is 0 Å². The second-order valence-electron chi connectivity index (χ2n) is 4.94. The molecular weight excluding hydrogens is 296 g/mol. The minimum absolute atomic E-state index is 0.237. The van der Waals surface area contributed by atoms with Gasteiger partial charge in [0.1, 0.15) is 0 Å². The zero-order valence-electron chi connectivity index (χ0n) is 12.6. The normalized spacial score (nSPS) is 10.7. The molecule has 0 unspecified atom stereocenters. The topological polar surface area (TPSA) is 93.0 Å². The summed E-state index contributed by atoms with van der Waals surface area (Å²) in [4.78, 5) is 12.1. The van der Waals surface area contributed by atoms with Crippen LogP contribution in [0.3, 0.4) is 0 Å². The number of benzene rings is 1. The SMILES string of the molecule is COCc1cc(CNC(=O)c2cc(-c3ccccc3)on2)[nH]n1. The van der Waals surface area contributed by atoms with Gasteiger partial charge in [-0.05, 0) is 6.07 Å². The lowest BCUT2D eigenvalue weighted by Gasteiger charge is -1.99. The van der Waals surface area contributed by atoms with Crippen LogP contribution in [0.5, 0.6) is 0 Å². The molecule has 0 saturated carbocycles. The standard InChI is InChI=1S/C16H16N4O3/c1-22-10-13-7-12(18-19-13)9-17-16(21)14-8-15(23-20-14)11-5-3-2-4-6-11/h2-8H,9-10H2,1H3,(H,17,21)(H,18,19). The fourth-order valence-corrected chi connectivity index (χ4v) is 2.11. The highest BCUT2D eigenvalue weighted by Crippen LogP contribution is 2.19. The van der Waals surface area contributed by atoms with Gasteiger partial charge in [0.15, 0.2) is 11.5 Å². The maximum atomic E-state index is 12.1. The van der Waals surface area contributed by atoms with Crippen LogP contribution in [0.1, 0.15) is 21.9 Å². The van der Waals surface area contributed by atoms with E-state index >= 15 is 0 Å². The Labute approximate surface area is 132 Å². The molecule has 0 aliphatic heterocycles. The predicted molar refractivity (Wildman–Crippen MR) is 82.4 cm³/mol. The molecule has 7 nitrogen and oxygen atoms in total. The molecule has 118 valence electrons. The summed E-state index contributed by atoms with van der Waals surface area (Å²) < 4.78 is 10.2. The lowest BCUT2D eigenvalue weighted by molar-refractivity contribution is 0.0941. The fraction of sp³-hybridized carbons (Fsp3) is 0.188. The lowest BCUT2D eigenvalue weighted by atomic mass is 10.1. The first kappa shape index (κ1) is 15.0. The third-order valence-electron chi connectivity index (χ3n) is 3.22. The van der Waals surface area contributed by atoms with Gasteiger partial charge in [0.25, 0.3) is 5.91 Å². The molecule has 7 heteroatoms. The van der Waals surface area contributed by atoms with Gasteiger partial charge in [-0.1, -0.05) is 35.5 Å². The van der Waals surface area contributed by atoms with Gasteiger partial charge in [-0.15, -0.1) is 0 Å². The van der Waals surface area contributed by atoms with Gasteiger partial charge in [-0.3, -0.25) is 9.89 Å². The maximum absolute atomic E-state index is 12.1. The number of carbonyl (C=O) groups is 1. The Kier molecular flexibility index (Phi) is 4.49.